The Bertz CT molecular complexity index is 4990. The largest absolute Gasteiger partial charge is 0.456 e. The maximum absolute atomic E-state index is 12.4. The van der Waals surface area contributed by atoms with Crippen molar-refractivity contribution in [2.45, 2.75) is 41.5 Å². The molecule has 7 nitrogen and oxygen atoms in total. The molecular formula is C68H46N6O. The van der Waals surface area contributed by atoms with Gasteiger partial charge in [-0.25, -0.2) is 0 Å². The molecule has 0 atom stereocenters. The quantitative estimate of drug-likeness (QED) is 0.176. The highest BCUT2D eigenvalue weighted by molar-refractivity contribution is 6.28. The molecule has 0 aliphatic heterocycles. The molecule has 0 saturated carbocycles. The van der Waals surface area contributed by atoms with Crippen molar-refractivity contribution in [3.05, 3.63) is 214 Å². The van der Waals surface area contributed by atoms with E-state index in [1.165, 1.54) is 0 Å². The van der Waals surface area contributed by atoms with Crippen LogP contribution in [0.1, 0.15) is 44.5 Å². The standard InChI is InChI=1S/C68H46N6O/c1-37-15-21-54-45(29-37)46-30-38(2)16-22-55(46)71(54)65-51(35-69)52(36-70)66(74-53-13-9-7-11-43(53)63-60(74)27-28-62-64(63)44-12-8-10-14-61(44)75-62)68(73-58-25-19-41(5)33-49(58)50-34-42(6)20-26-59(50)73)67(65)72-56-23-17-39(3)31-47(56)48-32-40(4)18-24-57(48)72/h7-34H,1-6H3. The third kappa shape index (κ3) is 5.78. The van der Waals surface area contributed by atoms with Crippen LogP contribution in [0, 0.1) is 64.2 Å². The number of hydrogen-bond acceptors (Lipinski definition) is 3. The number of nitriles is 2. The van der Waals surface area contributed by atoms with E-state index in [1.807, 2.05) is 12.1 Å². The van der Waals surface area contributed by atoms with Crippen molar-refractivity contribution in [1.82, 2.24) is 18.3 Å². The lowest BCUT2D eigenvalue weighted by Gasteiger charge is -2.28. The van der Waals surface area contributed by atoms with E-state index in [1.54, 1.807) is 0 Å². The smallest absolute Gasteiger partial charge is 0.136 e. The van der Waals surface area contributed by atoms with E-state index in [0.29, 0.717) is 11.4 Å². The molecule has 0 saturated heterocycles. The Balaban J connectivity index is 1.30. The molecule has 5 heterocycles. The van der Waals surface area contributed by atoms with Gasteiger partial charge in [0, 0.05) is 53.9 Å². The van der Waals surface area contributed by atoms with Crippen LogP contribution in [-0.2, 0) is 0 Å². The zero-order chi connectivity index (χ0) is 50.7. The van der Waals surface area contributed by atoms with Crippen LogP contribution < -0.4 is 0 Å². The lowest BCUT2D eigenvalue weighted by molar-refractivity contribution is 0.669. The second kappa shape index (κ2) is 15.4. The highest BCUT2D eigenvalue weighted by Crippen LogP contribution is 2.51. The summed E-state index contributed by atoms with van der Waals surface area (Å²) in [7, 11) is 0. The van der Waals surface area contributed by atoms with Gasteiger partial charge in [0.1, 0.15) is 23.3 Å². The third-order valence-corrected chi connectivity index (χ3v) is 15.9. The zero-order valence-electron chi connectivity index (χ0n) is 42.3. The molecule has 0 bridgehead atoms. The van der Waals surface area contributed by atoms with Gasteiger partial charge in [-0.1, -0.05) is 106 Å². The van der Waals surface area contributed by atoms with Crippen molar-refractivity contribution in [3.63, 3.8) is 0 Å². The molecule has 0 aliphatic rings. The van der Waals surface area contributed by atoms with Crippen molar-refractivity contribution in [1.29, 1.82) is 10.5 Å². The molecule has 0 radical (unpaired) electrons. The number of fused-ring (bicyclic) bond motifs is 16. The first-order valence-electron chi connectivity index (χ1n) is 25.5. The summed E-state index contributed by atoms with van der Waals surface area (Å²) in [4.78, 5) is 0. The fraction of sp³-hybridized carbons (Fsp3) is 0.0882. The number of furan rings is 1. The number of nitrogens with zero attached hydrogens (tertiary/aromatic N) is 6. The molecular weight excluding hydrogens is 917 g/mol. The predicted octanol–water partition coefficient (Wildman–Crippen LogP) is 17.6. The number of rotatable bonds is 4. The lowest BCUT2D eigenvalue weighted by Crippen LogP contribution is -2.17. The van der Waals surface area contributed by atoms with Gasteiger partial charge >= 0.3 is 0 Å². The molecule has 0 aliphatic carbocycles. The first-order valence-corrected chi connectivity index (χ1v) is 25.5. The van der Waals surface area contributed by atoms with E-state index in [4.69, 9.17) is 4.42 Å². The van der Waals surface area contributed by atoms with Crippen LogP contribution in [0.3, 0.4) is 0 Å². The van der Waals surface area contributed by atoms with Gasteiger partial charge in [-0.2, -0.15) is 10.5 Å². The fourth-order valence-electron chi connectivity index (χ4n) is 12.8. The van der Waals surface area contributed by atoms with Crippen molar-refractivity contribution in [3.8, 4) is 34.9 Å². The van der Waals surface area contributed by atoms with Gasteiger partial charge in [0.25, 0.3) is 0 Å². The Hall–Kier alpha value is -9.82. The average Bonchev–Trinajstić information content (AvgIpc) is 4.28. The highest BCUT2D eigenvalue weighted by atomic mass is 16.3. The summed E-state index contributed by atoms with van der Waals surface area (Å²) in [5, 5.41) is 35.3. The van der Waals surface area contributed by atoms with E-state index >= 15 is 0 Å². The second-order valence-corrected chi connectivity index (χ2v) is 20.8. The molecule has 0 unspecified atom stereocenters. The van der Waals surface area contributed by atoms with Crippen molar-refractivity contribution < 1.29 is 4.42 Å². The van der Waals surface area contributed by atoms with Crippen molar-refractivity contribution in [2.24, 2.45) is 0 Å². The zero-order valence-corrected chi connectivity index (χ0v) is 42.3. The van der Waals surface area contributed by atoms with Crippen LogP contribution in [0.25, 0.3) is 132 Å². The summed E-state index contributed by atoms with van der Waals surface area (Å²) in [6.45, 7) is 12.9. The first-order chi connectivity index (χ1) is 36.6. The Kier molecular flexibility index (Phi) is 8.77. The van der Waals surface area contributed by atoms with Crippen molar-refractivity contribution in [2.75, 3.05) is 0 Å². The second-order valence-electron chi connectivity index (χ2n) is 20.8. The molecule has 0 amide bonds. The van der Waals surface area contributed by atoms with E-state index in [2.05, 4.69) is 230 Å². The van der Waals surface area contributed by atoms with E-state index in [-0.39, 0.29) is 11.1 Å². The molecule has 15 rings (SSSR count). The molecule has 5 aromatic heterocycles. The monoisotopic (exact) mass is 962 g/mol. The van der Waals surface area contributed by atoms with Crippen LogP contribution in [-0.4, -0.2) is 18.3 Å². The van der Waals surface area contributed by atoms with Gasteiger partial charge < -0.3 is 22.7 Å². The van der Waals surface area contributed by atoms with Gasteiger partial charge in [-0.15, -0.1) is 0 Å². The molecule has 7 heteroatoms. The molecule has 0 fully saturated rings. The summed E-state index contributed by atoms with van der Waals surface area (Å²) in [5.41, 5.74) is 19.3. The van der Waals surface area contributed by atoms with Gasteiger partial charge in [-0.3, -0.25) is 0 Å². The van der Waals surface area contributed by atoms with Gasteiger partial charge in [0.05, 0.1) is 78.0 Å². The van der Waals surface area contributed by atoms with E-state index in [0.717, 1.165) is 154 Å². The maximum Gasteiger partial charge on any atom is 0.136 e. The maximum atomic E-state index is 12.4. The van der Waals surface area contributed by atoms with Crippen LogP contribution in [0.15, 0.2) is 174 Å². The van der Waals surface area contributed by atoms with Gasteiger partial charge in [0.15, 0.2) is 0 Å². The van der Waals surface area contributed by atoms with E-state index < -0.39 is 0 Å². The van der Waals surface area contributed by atoms with Crippen LogP contribution in [0.2, 0.25) is 0 Å². The molecule has 10 aromatic carbocycles. The Morgan fingerprint density at radius 1 is 0.293 bits per heavy atom. The Labute approximate surface area is 431 Å². The molecule has 0 spiro atoms. The molecule has 75 heavy (non-hydrogen) atoms. The minimum absolute atomic E-state index is 0.266. The van der Waals surface area contributed by atoms with Crippen molar-refractivity contribution >= 4 is 109 Å². The first kappa shape index (κ1) is 42.8. The number of para-hydroxylation sites is 2. The normalized spacial score (nSPS) is 12.1. The summed E-state index contributed by atoms with van der Waals surface area (Å²) in [6, 6.07) is 66.4. The molecule has 15 aromatic rings. The third-order valence-electron chi connectivity index (χ3n) is 15.9. The van der Waals surface area contributed by atoms with E-state index in [9.17, 15) is 10.5 Å². The predicted molar refractivity (Wildman–Crippen MR) is 309 cm³/mol. The molecule has 0 N–H and O–H groups in total. The van der Waals surface area contributed by atoms with Crippen LogP contribution in [0.5, 0.6) is 0 Å². The molecule has 354 valence electrons. The minimum atomic E-state index is 0.266. The Morgan fingerprint density at radius 2 is 0.613 bits per heavy atom. The lowest BCUT2D eigenvalue weighted by atomic mass is 9.98. The summed E-state index contributed by atoms with van der Waals surface area (Å²) in [6.07, 6.45) is 0. The highest BCUT2D eigenvalue weighted by Gasteiger charge is 2.35. The number of aromatic nitrogens is 4. The van der Waals surface area contributed by atoms with Crippen LogP contribution >= 0.6 is 0 Å². The van der Waals surface area contributed by atoms with Gasteiger partial charge in [-0.05, 0) is 139 Å². The summed E-state index contributed by atoms with van der Waals surface area (Å²) >= 11 is 0. The number of benzene rings is 10. The minimum Gasteiger partial charge on any atom is -0.456 e. The number of hydrogen-bond donors (Lipinski definition) is 0. The number of aryl methyl sites for hydroxylation is 6. The SMILES string of the molecule is Cc1ccc2c(c1)c1cc(C)ccc1n2-c1c(C#N)c(C#N)c(-n2c3ccccc3c3c4c(ccc32)oc2ccccc24)c(-n2c3ccc(C)cc3c3cc(C)ccc32)c1-n1c2ccc(C)cc2c2cc(C)ccc21. The van der Waals surface area contributed by atoms with Gasteiger partial charge in [0.2, 0.25) is 0 Å². The topological polar surface area (TPSA) is 80.4 Å². The average molecular weight is 963 g/mol. The fourth-order valence-corrected chi connectivity index (χ4v) is 12.8. The Morgan fingerprint density at radius 3 is 1.01 bits per heavy atom. The summed E-state index contributed by atoms with van der Waals surface area (Å²) < 4.78 is 15.9. The summed E-state index contributed by atoms with van der Waals surface area (Å²) in [5.74, 6) is 0. The van der Waals surface area contributed by atoms with Crippen LogP contribution in [0.4, 0.5) is 0 Å².